The van der Waals surface area contributed by atoms with Crippen LogP contribution in [-0.2, 0) is 6.42 Å². The molecule has 0 radical (unpaired) electrons. The van der Waals surface area contributed by atoms with Crippen molar-refractivity contribution in [2.45, 2.75) is 33.2 Å². The number of benzene rings is 1. The van der Waals surface area contributed by atoms with Gasteiger partial charge < -0.3 is 10.6 Å². The molecule has 0 aliphatic rings. The molecule has 0 aliphatic heterocycles. The van der Waals surface area contributed by atoms with E-state index in [0.717, 1.165) is 18.1 Å². The van der Waals surface area contributed by atoms with Crippen LogP contribution in [0.15, 0.2) is 23.2 Å². The highest BCUT2D eigenvalue weighted by Crippen LogP contribution is 2.17. The Morgan fingerprint density at radius 2 is 2.10 bits per heavy atom. The lowest BCUT2D eigenvalue weighted by atomic mass is 10.1. The molecule has 0 aromatic heterocycles. The third-order valence-electron chi connectivity index (χ3n) is 2.44. The van der Waals surface area contributed by atoms with Crippen molar-refractivity contribution in [3.05, 3.63) is 34.6 Å². The summed E-state index contributed by atoms with van der Waals surface area (Å²) >= 11 is 5.97. The Kier molecular flexibility index (Phi) is 9.92. The van der Waals surface area contributed by atoms with Gasteiger partial charge in [0.05, 0.1) is 0 Å². The van der Waals surface area contributed by atoms with Crippen LogP contribution in [-0.4, -0.2) is 25.1 Å². The molecule has 114 valence electrons. The molecule has 0 unspecified atom stereocenters. The molecule has 2 N–H and O–H groups in total. The van der Waals surface area contributed by atoms with E-state index in [1.165, 1.54) is 12.1 Å². The smallest absolute Gasteiger partial charge is 0.191 e. The molecule has 0 aliphatic carbocycles. The quantitative estimate of drug-likeness (QED) is 0.440. The summed E-state index contributed by atoms with van der Waals surface area (Å²) in [6.07, 6.45) is 0.688. The summed E-state index contributed by atoms with van der Waals surface area (Å²) < 4.78 is 12.9. The van der Waals surface area contributed by atoms with Crippen molar-refractivity contribution in [1.29, 1.82) is 0 Å². The van der Waals surface area contributed by atoms with Gasteiger partial charge in [-0.15, -0.1) is 24.0 Å². The molecule has 0 bridgehead atoms. The zero-order chi connectivity index (χ0) is 14.3. The monoisotopic (exact) mass is 413 g/mol. The molecule has 0 fully saturated rings. The van der Waals surface area contributed by atoms with Gasteiger partial charge in [-0.05, 0) is 44.9 Å². The van der Waals surface area contributed by atoms with Crippen molar-refractivity contribution in [2.75, 3.05) is 13.1 Å². The second kappa shape index (κ2) is 10.2. The summed E-state index contributed by atoms with van der Waals surface area (Å²) in [4.78, 5) is 4.45. The van der Waals surface area contributed by atoms with Gasteiger partial charge in [0, 0.05) is 24.2 Å². The molecule has 0 atom stereocenters. The number of halogens is 3. The normalized spacial score (nSPS) is 11.2. The number of nitrogens with one attached hydrogen (secondary N) is 2. The van der Waals surface area contributed by atoms with Crippen LogP contribution in [0.2, 0.25) is 5.02 Å². The third kappa shape index (κ3) is 7.28. The van der Waals surface area contributed by atoms with Crippen LogP contribution >= 0.6 is 35.6 Å². The topological polar surface area (TPSA) is 36.4 Å². The van der Waals surface area contributed by atoms with Gasteiger partial charge in [-0.3, -0.25) is 4.99 Å². The predicted molar refractivity (Wildman–Crippen MR) is 94.8 cm³/mol. The number of rotatable bonds is 5. The van der Waals surface area contributed by atoms with E-state index in [2.05, 4.69) is 29.5 Å². The first-order chi connectivity index (χ1) is 9.02. The van der Waals surface area contributed by atoms with Gasteiger partial charge in [-0.1, -0.05) is 17.7 Å². The van der Waals surface area contributed by atoms with Gasteiger partial charge in [0.15, 0.2) is 5.96 Å². The van der Waals surface area contributed by atoms with Crippen molar-refractivity contribution in [1.82, 2.24) is 10.6 Å². The summed E-state index contributed by atoms with van der Waals surface area (Å²) in [5.74, 6) is 0.475. The largest absolute Gasteiger partial charge is 0.357 e. The summed E-state index contributed by atoms with van der Waals surface area (Å²) in [6.45, 7) is 7.56. The number of aliphatic imine (C=N–C) groups is 1. The van der Waals surface area contributed by atoms with Gasteiger partial charge in [0.2, 0.25) is 0 Å². The minimum Gasteiger partial charge on any atom is -0.357 e. The fourth-order valence-corrected chi connectivity index (χ4v) is 1.87. The third-order valence-corrected chi connectivity index (χ3v) is 2.79. The summed E-state index contributed by atoms with van der Waals surface area (Å²) in [6, 6.07) is 4.78. The highest BCUT2D eigenvalue weighted by atomic mass is 127. The van der Waals surface area contributed by atoms with Gasteiger partial charge in [0.1, 0.15) is 5.82 Å². The highest BCUT2D eigenvalue weighted by molar-refractivity contribution is 14.0. The summed E-state index contributed by atoms with van der Waals surface area (Å²) in [5.41, 5.74) is 0.909. The Balaban J connectivity index is 0.00000361. The molecule has 20 heavy (non-hydrogen) atoms. The van der Waals surface area contributed by atoms with E-state index in [4.69, 9.17) is 11.6 Å². The second-order valence-electron chi connectivity index (χ2n) is 4.55. The SMILES string of the molecule is CCNC(=NCCc1ccc(F)cc1Cl)NC(C)C.I. The van der Waals surface area contributed by atoms with Crippen LogP contribution in [0.25, 0.3) is 0 Å². The maximum atomic E-state index is 12.9. The Labute approximate surface area is 142 Å². The van der Waals surface area contributed by atoms with Crippen LogP contribution < -0.4 is 10.6 Å². The molecule has 6 heteroatoms. The molecule has 1 aromatic carbocycles. The van der Waals surface area contributed by atoms with Crippen molar-refractivity contribution < 1.29 is 4.39 Å². The maximum absolute atomic E-state index is 12.9. The highest BCUT2D eigenvalue weighted by Gasteiger charge is 2.03. The van der Waals surface area contributed by atoms with Crippen LogP contribution in [0.3, 0.4) is 0 Å². The van der Waals surface area contributed by atoms with Crippen LogP contribution in [0.4, 0.5) is 4.39 Å². The predicted octanol–water partition coefficient (Wildman–Crippen LogP) is 3.60. The lowest BCUT2D eigenvalue weighted by Gasteiger charge is -2.14. The molecule has 0 saturated carbocycles. The Hall–Kier alpha value is -0.560. The molecule has 0 spiro atoms. The Bertz CT molecular complexity index is 438. The van der Waals surface area contributed by atoms with Crippen LogP contribution in [0, 0.1) is 5.82 Å². The molecular formula is C14H22ClFIN3. The molecule has 1 rings (SSSR count). The van der Waals surface area contributed by atoms with E-state index in [1.54, 1.807) is 6.07 Å². The van der Waals surface area contributed by atoms with E-state index >= 15 is 0 Å². The van der Waals surface area contributed by atoms with Gasteiger partial charge >= 0.3 is 0 Å². The van der Waals surface area contributed by atoms with E-state index in [1.807, 2.05) is 6.92 Å². The lowest BCUT2D eigenvalue weighted by molar-refractivity contribution is 0.627. The van der Waals surface area contributed by atoms with E-state index < -0.39 is 0 Å². The maximum Gasteiger partial charge on any atom is 0.191 e. The summed E-state index contributed by atoms with van der Waals surface area (Å²) in [5, 5.41) is 6.86. The molecule has 3 nitrogen and oxygen atoms in total. The number of guanidine groups is 1. The molecule has 0 amide bonds. The molecular weight excluding hydrogens is 392 g/mol. The zero-order valence-corrected chi connectivity index (χ0v) is 15.1. The average molecular weight is 414 g/mol. The number of nitrogens with zero attached hydrogens (tertiary/aromatic N) is 1. The average Bonchev–Trinajstić information content (AvgIpc) is 2.31. The Morgan fingerprint density at radius 1 is 1.40 bits per heavy atom. The van der Waals surface area contributed by atoms with Crippen LogP contribution in [0.5, 0.6) is 0 Å². The second-order valence-corrected chi connectivity index (χ2v) is 4.95. The Morgan fingerprint density at radius 3 is 2.65 bits per heavy atom. The molecule has 0 heterocycles. The lowest BCUT2D eigenvalue weighted by Crippen LogP contribution is -2.41. The van der Waals surface area contributed by atoms with Crippen LogP contribution in [0.1, 0.15) is 26.3 Å². The first kappa shape index (κ1) is 19.4. The standard InChI is InChI=1S/C14H21ClFN3.HI/c1-4-17-14(19-10(2)3)18-8-7-11-5-6-12(16)9-13(11)15;/h5-6,9-10H,4,7-8H2,1-3H3,(H2,17,18,19);1H. The summed E-state index contributed by atoms with van der Waals surface area (Å²) in [7, 11) is 0. The fourth-order valence-electron chi connectivity index (χ4n) is 1.61. The van der Waals surface area contributed by atoms with Gasteiger partial charge in [0.25, 0.3) is 0 Å². The molecule has 1 aromatic rings. The molecule has 0 saturated heterocycles. The van der Waals surface area contributed by atoms with Crippen molar-refractivity contribution in [2.24, 2.45) is 4.99 Å². The van der Waals surface area contributed by atoms with E-state index in [9.17, 15) is 4.39 Å². The van der Waals surface area contributed by atoms with Gasteiger partial charge in [-0.2, -0.15) is 0 Å². The number of hydrogen-bond acceptors (Lipinski definition) is 1. The van der Waals surface area contributed by atoms with E-state index in [-0.39, 0.29) is 29.8 Å². The van der Waals surface area contributed by atoms with Gasteiger partial charge in [-0.25, -0.2) is 4.39 Å². The van der Waals surface area contributed by atoms with Crippen molar-refractivity contribution in [3.63, 3.8) is 0 Å². The first-order valence-corrected chi connectivity index (χ1v) is 6.89. The number of hydrogen-bond donors (Lipinski definition) is 2. The van der Waals surface area contributed by atoms with Crippen molar-refractivity contribution >= 4 is 41.5 Å². The van der Waals surface area contributed by atoms with E-state index in [0.29, 0.717) is 24.0 Å². The minimum atomic E-state index is -0.313. The zero-order valence-electron chi connectivity index (χ0n) is 12.0. The van der Waals surface area contributed by atoms with Crippen molar-refractivity contribution in [3.8, 4) is 0 Å². The fraction of sp³-hybridized carbons (Fsp3) is 0.500. The first-order valence-electron chi connectivity index (χ1n) is 6.51. The minimum absolute atomic E-state index is 0.